The van der Waals surface area contributed by atoms with Gasteiger partial charge in [-0.3, -0.25) is 9.59 Å². The van der Waals surface area contributed by atoms with E-state index < -0.39 is 11.5 Å². The minimum absolute atomic E-state index is 0.0138. The summed E-state index contributed by atoms with van der Waals surface area (Å²) < 4.78 is 13.5. The molecule has 1 aliphatic rings. The summed E-state index contributed by atoms with van der Waals surface area (Å²) in [7, 11) is 0. The average Bonchev–Trinajstić information content (AvgIpc) is 3.32. The van der Waals surface area contributed by atoms with E-state index in [1.165, 1.54) is 0 Å². The van der Waals surface area contributed by atoms with Gasteiger partial charge in [-0.25, -0.2) is 4.52 Å². The number of amides is 2. The topological polar surface area (TPSA) is 154 Å². The minimum atomic E-state index is -0.952. The van der Waals surface area contributed by atoms with Crippen molar-refractivity contribution in [2.75, 3.05) is 13.2 Å². The van der Waals surface area contributed by atoms with E-state index in [1.807, 2.05) is 12.1 Å². The third-order valence-electron chi connectivity index (χ3n) is 6.86. The zero-order valence-electron chi connectivity index (χ0n) is 22.7. The fourth-order valence-corrected chi connectivity index (χ4v) is 4.75. The third kappa shape index (κ3) is 7.70. The fourth-order valence-electron chi connectivity index (χ4n) is 4.75. The molecule has 3 aromatic rings. The van der Waals surface area contributed by atoms with Crippen molar-refractivity contribution < 1.29 is 24.2 Å². The second-order valence-corrected chi connectivity index (χ2v) is 10.9. The van der Waals surface area contributed by atoms with Gasteiger partial charge in [0.1, 0.15) is 18.1 Å². The summed E-state index contributed by atoms with van der Waals surface area (Å²) in [6, 6.07) is 9.12. The number of fused-ring (bicyclic) bond motifs is 1. The van der Waals surface area contributed by atoms with Crippen molar-refractivity contribution >= 4 is 17.3 Å². The molecular formula is C29H39N5O5. The first-order valence-corrected chi connectivity index (χ1v) is 13.6. The Kier molecular flexibility index (Phi) is 9.08. The maximum atomic E-state index is 13.0. The van der Waals surface area contributed by atoms with Gasteiger partial charge in [-0.05, 0) is 95.2 Å². The zero-order valence-corrected chi connectivity index (χ0v) is 22.7. The number of hydrogen-bond donors (Lipinski definition) is 4. The Morgan fingerprint density at radius 1 is 1.13 bits per heavy atom. The van der Waals surface area contributed by atoms with Crippen LogP contribution < -0.4 is 26.3 Å². The number of primary amides is 1. The molecule has 2 aromatic heterocycles. The van der Waals surface area contributed by atoms with Crippen LogP contribution in [0.15, 0.2) is 42.7 Å². The highest BCUT2D eigenvalue weighted by atomic mass is 16.5. The van der Waals surface area contributed by atoms with Gasteiger partial charge in [-0.1, -0.05) is 6.07 Å². The Labute approximate surface area is 228 Å². The SMILES string of the molecule is CC(C)(O)COc1ccc2c(C(=O)NC3CCC(Oc4cc(CCCCN)ccc4C(N)=O)CC3)cnn2c1. The summed E-state index contributed by atoms with van der Waals surface area (Å²) in [6.45, 7) is 4.13. The lowest BCUT2D eigenvalue weighted by molar-refractivity contribution is 0.0283. The molecule has 10 nitrogen and oxygen atoms in total. The number of aliphatic hydroxyl groups is 1. The van der Waals surface area contributed by atoms with Crippen LogP contribution in [0.3, 0.4) is 0 Å². The number of hydrogen-bond acceptors (Lipinski definition) is 7. The van der Waals surface area contributed by atoms with Gasteiger partial charge >= 0.3 is 0 Å². The number of aryl methyl sites for hydroxylation is 1. The molecule has 0 atom stereocenters. The maximum Gasteiger partial charge on any atom is 0.255 e. The van der Waals surface area contributed by atoms with Crippen LogP contribution >= 0.6 is 0 Å². The Balaban J connectivity index is 1.33. The van der Waals surface area contributed by atoms with Crippen molar-refractivity contribution in [1.29, 1.82) is 0 Å². The molecule has 1 aromatic carbocycles. The summed E-state index contributed by atoms with van der Waals surface area (Å²) in [5.74, 6) is 0.389. The molecular weight excluding hydrogens is 498 g/mol. The highest BCUT2D eigenvalue weighted by molar-refractivity contribution is 6.00. The molecule has 0 bridgehead atoms. The number of nitrogens with one attached hydrogen (secondary N) is 1. The van der Waals surface area contributed by atoms with Crippen molar-refractivity contribution in [3.8, 4) is 11.5 Å². The standard InChI is InChI=1S/C29H39N5O5/c1-29(2,37)18-38-22-11-13-25-24(16-32-34(25)17-22)28(36)33-20-7-9-21(10-8-20)39-26-15-19(5-3-4-14-30)6-12-23(26)27(31)35/h6,11-13,15-17,20-21,37H,3-5,7-10,14,18,30H2,1-2H3,(H2,31,35)(H,33,36). The van der Waals surface area contributed by atoms with E-state index in [0.717, 1.165) is 50.5 Å². The predicted molar refractivity (Wildman–Crippen MR) is 148 cm³/mol. The number of nitrogens with zero attached hydrogens (tertiary/aromatic N) is 2. The quantitative estimate of drug-likeness (QED) is 0.259. The summed E-state index contributed by atoms with van der Waals surface area (Å²) in [5.41, 5.74) is 12.9. The monoisotopic (exact) mass is 537 g/mol. The number of rotatable bonds is 12. The van der Waals surface area contributed by atoms with E-state index in [4.69, 9.17) is 20.9 Å². The van der Waals surface area contributed by atoms with Gasteiger partial charge in [0.25, 0.3) is 11.8 Å². The first-order chi connectivity index (χ1) is 18.6. The molecule has 1 saturated carbocycles. The molecule has 1 aliphatic carbocycles. The lowest BCUT2D eigenvalue weighted by Gasteiger charge is -2.30. The van der Waals surface area contributed by atoms with E-state index in [9.17, 15) is 14.7 Å². The number of benzene rings is 1. The molecule has 2 amide bonds. The zero-order chi connectivity index (χ0) is 28.0. The number of carbonyl (C=O) groups is 2. The van der Waals surface area contributed by atoms with Gasteiger partial charge < -0.3 is 31.4 Å². The number of unbranched alkanes of at least 4 members (excludes halogenated alkanes) is 1. The van der Waals surface area contributed by atoms with Gasteiger partial charge in [0.15, 0.2) is 0 Å². The second kappa shape index (κ2) is 12.5. The van der Waals surface area contributed by atoms with Crippen LogP contribution in [0.4, 0.5) is 0 Å². The molecule has 210 valence electrons. The smallest absolute Gasteiger partial charge is 0.255 e. The van der Waals surface area contributed by atoms with Gasteiger partial charge in [0, 0.05) is 6.04 Å². The molecule has 6 N–H and O–H groups in total. The normalized spacial score (nSPS) is 17.6. The Hall–Kier alpha value is -3.63. The highest BCUT2D eigenvalue weighted by Gasteiger charge is 2.26. The van der Waals surface area contributed by atoms with Crippen molar-refractivity contribution in [3.05, 3.63) is 59.4 Å². The van der Waals surface area contributed by atoms with Gasteiger partial charge in [-0.2, -0.15) is 5.10 Å². The molecule has 0 radical (unpaired) electrons. The summed E-state index contributed by atoms with van der Waals surface area (Å²) >= 11 is 0. The van der Waals surface area contributed by atoms with E-state index in [2.05, 4.69) is 10.4 Å². The van der Waals surface area contributed by atoms with E-state index in [-0.39, 0.29) is 24.7 Å². The van der Waals surface area contributed by atoms with Gasteiger partial charge in [0.2, 0.25) is 0 Å². The van der Waals surface area contributed by atoms with Crippen molar-refractivity contribution in [1.82, 2.24) is 14.9 Å². The lowest BCUT2D eigenvalue weighted by atomic mass is 9.92. The molecule has 0 saturated heterocycles. The average molecular weight is 538 g/mol. The Morgan fingerprint density at radius 2 is 1.90 bits per heavy atom. The van der Waals surface area contributed by atoms with Crippen LogP contribution in [-0.4, -0.2) is 57.4 Å². The number of pyridine rings is 1. The predicted octanol–water partition coefficient (Wildman–Crippen LogP) is 2.98. The molecule has 0 spiro atoms. The van der Waals surface area contributed by atoms with E-state index in [1.54, 1.807) is 49.0 Å². The Bertz CT molecular complexity index is 1290. The first kappa shape index (κ1) is 28.4. The summed E-state index contributed by atoms with van der Waals surface area (Å²) in [5, 5.41) is 17.3. The van der Waals surface area contributed by atoms with Crippen LogP contribution in [0, 0.1) is 0 Å². The van der Waals surface area contributed by atoms with Crippen LogP contribution in [0.1, 0.15) is 78.7 Å². The number of nitrogens with two attached hydrogens (primary N) is 2. The van der Waals surface area contributed by atoms with E-state index >= 15 is 0 Å². The van der Waals surface area contributed by atoms with Crippen molar-refractivity contribution in [3.63, 3.8) is 0 Å². The second-order valence-electron chi connectivity index (χ2n) is 10.9. The van der Waals surface area contributed by atoms with Crippen molar-refractivity contribution in [2.24, 2.45) is 11.5 Å². The molecule has 0 aliphatic heterocycles. The molecule has 39 heavy (non-hydrogen) atoms. The van der Waals surface area contributed by atoms with Crippen LogP contribution in [0.2, 0.25) is 0 Å². The summed E-state index contributed by atoms with van der Waals surface area (Å²) in [4.78, 5) is 25.0. The molecule has 4 rings (SSSR count). The fraction of sp³-hybridized carbons (Fsp3) is 0.483. The number of carbonyl (C=O) groups excluding carboxylic acids is 2. The Morgan fingerprint density at radius 3 is 2.59 bits per heavy atom. The molecule has 10 heteroatoms. The summed E-state index contributed by atoms with van der Waals surface area (Å²) in [6.07, 6.45) is 8.96. The van der Waals surface area contributed by atoms with Gasteiger partial charge in [-0.15, -0.1) is 0 Å². The third-order valence-corrected chi connectivity index (χ3v) is 6.86. The minimum Gasteiger partial charge on any atom is -0.490 e. The number of ether oxygens (including phenoxy) is 2. The highest BCUT2D eigenvalue weighted by Crippen LogP contribution is 2.28. The van der Waals surface area contributed by atoms with Crippen LogP contribution in [-0.2, 0) is 6.42 Å². The van der Waals surface area contributed by atoms with Gasteiger partial charge in [0.05, 0.1) is 40.7 Å². The molecule has 1 fully saturated rings. The van der Waals surface area contributed by atoms with Crippen molar-refractivity contribution in [2.45, 2.75) is 76.5 Å². The maximum absolute atomic E-state index is 13.0. The number of aromatic nitrogens is 2. The lowest BCUT2D eigenvalue weighted by Crippen LogP contribution is -2.39. The first-order valence-electron chi connectivity index (χ1n) is 13.6. The molecule has 2 heterocycles. The molecule has 0 unspecified atom stereocenters. The van der Waals surface area contributed by atoms with E-state index in [0.29, 0.717) is 34.7 Å². The van der Waals surface area contributed by atoms with Crippen LogP contribution in [0.25, 0.3) is 5.52 Å². The largest absolute Gasteiger partial charge is 0.490 e. The van der Waals surface area contributed by atoms with Crippen LogP contribution in [0.5, 0.6) is 11.5 Å².